The standard InChI is InChI=1S/C29H43N3O5S/c1-8-17(3)20(16-33)32-23(25(35)31-27(4,5)6)29-15-14-28(7,38-29)21(22(29)26(32)36)24(34)30-18-10-12-19(13-11-18)37-9-2/h10-13,17,20-23,33H,8-9,14-16H2,1-7H3,(H,30,34)(H,31,35)/t17-,20-,21-,22-,23?,28+,29?/m0/s1. The highest BCUT2D eigenvalue weighted by atomic mass is 32.2. The van der Waals surface area contributed by atoms with E-state index in [2.05, 4.69) is 17.6 Å². The highest BCUT2D eigenvalue weighted by molar-refractivity contribution is 8.02. The molecule has 3 amide bonds. The molecule has 3 heterocycles. The van der Waals surface area contributed by atoms with Gasteiger partial charge in [-0.2, -0.15) is 0 Å². The van der Waals surface area contributed by atoms with Crippen LogP contribution in [0.25, 0.3) is 0 Å². The quantitative estimate of drug-likeness (QED) is 0.435. The molecule has 1 aromatic rings. The molecule has 0 aliphatic carbocycles. The number of fused-ring (bicyclic) bond motifs is 1. The number of hydrogen-bond donors (Lipinski definition) is 3. The van der Waals surface area contributed by atoms with Crippen molar-refractivity contribution in [3.05, 3.63) is 24.3 Å². The van der Waals surface area contributed by atoms with Crippen LogP contribution >= 0.6 is 11.8 Å². The third-order valence-electron chi connectivity index (χ3n) is 8.52. The molecule has 1 aromatic carbocycles. The van der Waals surface area contributed by atoms with Crippen molar-refractivity contribution < 1.29 is 24.2 Å². The monoisotopic (exact) mass is 545 g/mol. The zero-order valence-electron chi connectivity index (χ0n) is 23.7. The Bertz CT molecular complexity index is 1070. The van der Waals surface area contributed by atoms with Crippen molar-refractivity contribution in [2.24, 2.45) is 17.8 Å². The van der Waals surface area contributed by atoms with Crippen LogP contribution in [0.15, 0.2) is 24.3 Å². The number of carbonyl (C=O) groups excluding carboxylic acids is 3. The van der Waals surface area contributed by atoms with Gasteiger partial charge in [-0.3, -0.25) is 14.4 Å². The second kappa shape index (κ2) is 10.4. The topological polar surface area (TPSA) is 108 Å². The van der Waals surface area contributed by atoms with E-state index in [1.54, 1.807) is 28.8 Å². The fourth-order valence-electron chi connectivity index (χ4n) is 6.69. The van der Waals surface area contributed by atoms with Crippen molar-refractivity contribution in [2.45, 2.75) is 94.8 Å². The summed E-state index contributed by atoms with van der Waals surface area (Å²) >= 11 is 1.64. The normalized spacial score (nSPS) is 31.6. The minimum Gasteiger partial charge on any atom is -0.494 e. The lowest BCUT2D eigenvalue weighted by molar-refractivity contribution is -0.144. The van der Waals surface area contributed by atoms with Gasteiger partial charge in [0.05, 0.1) is 35.8 Å². The predicted octanol–water partition coefficient (Wildman–Crippen LogP) is 3.83. The molecule has 2 unspecified atom stereocenters. The fourth-order valence-corrected chi connectivity index (χ4v) is 9.04. The van der Waals surface area contributed by atoms with Crippen LogP contribution in [0.2, 0.25) is 0 Å². The molecule has 0 radical (unpaired) electrons. The van der Waals surface area contributed by atoms with Gasteiger partial charge in [0.15, 0.2) is 0 Å². The van der Waals surface area contributed by atoms with Crippen LogP contribution < -0.4 is 15.4 Å². The van der Waals surface area contributed by atoms with E-state index in [0.717, 1.165) is 18.6 Å². The van der Waals surface area contributed by atoms with Gasteiger partial charge in [-0.05, 0) is 77.6 Å². The smallest absolute Gasteiger partial charge is 0.244 e. The summed E-state index contributed by atoms with van der Waals surface area (Å²) < 4.78 is 4.32. The highest BCUT2D eigenvalue weighted by Crippen LogP contribution is 2.71. The average Bonchev–Trinajstić information content (AvgIpc) is 3.41. The number of nitrogens with zero attached hydrogens (tertiary/aromatic N) is 1. The van der Waals surface area contributed by atoms with Gasteiger partial charge >= 0.3 is 0 Å². The van der Waals surface area contributed by atoms with Crippen LogP contribution in [0, 0.1) is 17.8 Å². The lowest BCUT2D eigenvalue weighted by Crippen LogP contribution is -2.60. The van der Waals surface area contributed by atoms with Crippen LogP contribution in [-0.2, 0) is 14.4 Å². The maximum atomic E-state index is 14.3. The minimum atomic E-state index is -0.750. The first kappa shape index (κ1) is 28.7. The van der Waals surface area contributed by atoms with E-state index >= 15 is 0 Å². The number of thioether (sulfide) groups is 1. The third kappa shape index (κ3) is 4.81. The molecule has 7 atom stereocenters. The Kier molecular flexibility index (Phi) is 7.85. The first-order chi connectivity index (χ1) is 17.8. The van der Waals surface area contributed by atoms with Crippen LogP contribution in [0.1, 0.15) is 67.7 Å². The van der Waals surface area contributed by atoms with Gasteiger partial charge in [-0.25, -0.2) is 0 Å². The van der Waals surface area contributed by atoms with E-state index in [-0.39, 0.29) is 30.2 Å². The average molecular weight is 546 g/mol. The lowest BCUT2D eigenvalue weighted by atomic mass is 9.66. The zero-order chi connectivity index (χ0) is 28.0. The Labute approximate surface area is 230 Å². The molecule has 8 nitrogen and oxygen atoms in total. The van der Waals surface area contributed by atoms with Crippen LogP contribution in [0.4, 0.5) is 5.69 Å². The summed E-state index contributed by atoms with van der Waals surface area (Å²) in [6.45, 7) is 14.1. The first-order valence-corrected chi connectivity index (χ1v) is 14.6. The summed E-state index contributed by atoms with van der Waals surface area (Å²) in [5.74, 6) is -1.11. The number of hydrogen-bond acceptors (Lipinski definition) is 6. The van der Waals surface area contributed by atoms with E-state index in [9.17, 15) is 19.5 Å². The van der Waals surface area contributed by atoms with E-state index in [4.69, 9.17) is 4.74 Å². The van der Waals surface area contributed by atoms with Crippen LogP contribution in [0.5, 0.6) is 5.75 Å². The molecule has 4 rings (SSSR count). The van der Waals surface area contributed by atoms with Gasteiger partial charge < -0.3 is 25.4 Å². The second-order valence-corrected chi connectivity index (χ2v) is 14.2. The first-order valence-electron chi connectivity index (χ1n) is 13.8. The number of likely N-dealkylation sites (tertiary alicyclic amines) is 1. The minimum absolute atomic E-state index is 0.00182. The molecule has 38 heavy (non-hydrogen) atoms. The van der Waals surface area contributed by atoms with Gasteiger partial charge in [0.2, 0.25) is 17.7 Å². The Hall–Kier alpha value is -2.26. The van der Waals surface area contributed by atoms with E-state index in [1.165, 1.54) is 0 Å². The number of benzene rings is 1. The number of nitrogens with one attached hydrogen (secondary N) is 2. The summed E-state index contributed by atoms with van der Waals surface area (Å²) in [6.07, 6.45) is 2.17. The van der Waals surface area contributed by atoms with Gasteiger partial charge in [-0.15, -0.1) is 11.8 Å². The SMILES string of the molecule is CCOc1ccc(NC(=O)[C@@H]2[C@H]3C(=O)N([C@@H](CO)[C@@H](C)CC)C(C(=O)NC(C)(C)C)C34CC[C@@]2(C)S4)cc1. The molecule has 3 aliphatic rings. The number of anilines is 1. The number of carbonyl (C=O) groups is 3. The maximum Gasteiger partial charge on any atom is 0.244 e. The molecule has 2 bridgehead atoms. The van der Waals surface area contributed by atoms with Crippen molar-refractivity contribution in [2.75, 3.05) is 18.5 Å². The van der Waals surface area contributed by atoms with Gasteiger partial charge in [0.1, 0.15) is 11.8 Å². The Morgan fingerprint density at radius 1 is 1.18 bits per heavy atom. The summed E-state index contributed by atoms with van der Waals surface area (Å²) in [4.78, 5) is 43.8. The molecule has 1 spiro atoms. The molecule has 0 aromatic heterocycles. The third-order valence-corrected chi connectivity index (χ3v) is 10.5. The molecule has 0 saturated carbocycles. The number of aliphatic hydroxyl groups excluding tert-OH is 1. The van der Waals surface area contributed by atoms with Crippen LogP contribution in [0.3, 0.4) is 0 Å². The van der Waals surface area contributed by atoms with E-state index in [1.807, 2.05) is 53.7 Å². The number of ether oxygens (including phenoxy) is 1. The summed E-state index contributed by atoms with van der Waals surface area (Å²) in [5.41, 5.74) is 0.155. The predicted molar refractivity (Wildman–Crippen MR) is 150 cm³/mol. The second-order valence-electron chi connectivity index (χ2n) is 12.3. The van der Waals surface area contributed by atoms with Crippen LogP contribution in [-0.4, -0.2) is 68.1 Å². The largest absolute Gasteiger partial charge is 0.494 e. The van der Waals surface area contributed by atoms with Gasteiger partial charge in [0.25, 0.3) is 0 Å². The van der Waals surface area contributed by atoms with Crippen molar-refractivity contribution in [3.8, 4) is 5.75 Å². The summed E-state index contributed by atoms with van der Waals surface area (Å²) in [6, 6.07) is 5.98. The maximum absolute atomic E-state index is 14.3. The Morgan fingerprint density at radius 2 is 1.84 bits per heavy atom. The van der Waals surface area contributed by atoms with Gasteiger partial charge in [-0.1, -0.05) is 20.3 Å². The summed E-state index contributed by atoms with van der Waals surface area (Å²) in [7, 11) is 0. The molecular formula is C29H43N3O5S. The Morgan fingerprint density at radius 3 is 2.39 bits per heavy atom. The zero-order valence-corrected chi connectivity index (χ0v) is 24.5. The molecule has 210 valence electrons. The van der Waals surface area contributed by atoms with Crippen molar-refractivity contribution in [1.82, 2.24) is 10.2 Å². The molecule has 3 N–H and O–H groups in total. The fraction of sp³-hybridized carbons (Fsp3) is 0.690. The number of amides is 3. The molecule has 3 aliphatic heterocycles. The van der Waals surface area contributed by atoms with E-state index in [0.29, 0.717) is 18.7 Å². The van der Waals surface area contributed by atoms with Crippen molar-refractivity contribution in [1.29, 1.82) is 0 Å². The van der Waals surface area contributed by atoms with Crippen molar-refractivity contribution in [3.63, 3.8) is 0 Å². The lowest BCUT2D eigenvalue weighted by Gasteiger charge is -2.40. The highest BCUT2D eigenvalue weighted by Gasteiger charge is 2.77. The van der Waals surface area contributed by atoms with Crippen molar-refractivity contribution >= 4 is 35.2 Å². The molecular weight excluding hydrogens is 502 g/mol. The number of rotatable bonds is 9. The Balaban J connectivity index is 1.72. The molecule has 3 fully saturated rings. The molecule has 9 heteroatoms. The number of aliphatic hydroxyl groups is 1. The van der Waals surface area contributed by atoms with E-state index < -0.39 is 39.0 Å². The van der Waals surface area contributed by atoms with Gasteiger partial charge in [0, 0.05) is 16.0 Å². The molecule has 3 saturated heterocycles. The summed E-state index contributed by atoms with van der Waals surface area (Å²) in [5, 5.41) is 16.6.